The van der Waals surface area contributed by atoms with E-state index in [9.17, 15) is 0 Å². The summed E-state index contributed by atoms with van der Waals surface area (Å²) in [5.74, 6) is 1.88. The maximum absolute atomic E-state index is 8.57. The van der Waals surface area contributed by atoms with Crippen molar-refractivity contribution in [1.29, 1.82) is 0 Å². The predicted molar refractivity (Wildman–Crippen MR) is 47.7 cm³/mol. The maximum Gasteiger partial charge on any atom is 0.231 e. The van der Waals surface area contributed by atoms with Crippen LogP contribution in [-0.2, 0) is 6.54 Å². The fourth-order valence-corrected chi connectivity index (χ4v) is 1.38. The van der Waals surface area contributed by atoms with Gasteiger partial charge in [-0.05, 0) is 17.7 Å². The Balaban J connectivity index is 2.39. The summed E-state index contributed by atoms with van der Waals surface area (Å²) in [6, 6.07) is 3.59. The van der Waals surface area contributed by atoms with Gasteiger partial charge in [0.1, 0.15) is 0 Å². The van der Waals surface area contributed by atoms with Crippen molar-refractivity contribution in [3.63, 3.8) is 0 Å². The van der Waals surface area contributed by atoms with Crippen LogP contribution in [0, 0.1) is 0 Å². The fourth-order valence-electron chi connectivity index (χ4n) is 1.38. The van der Waals surface area contributed by atoms with E-state index in [1.807, 2.05) is 0 Å². The van der Waals surface area contributed by atoms with E-state index >= 15 is 0 Å². The van der Waals surface area contributed by atoms with E-state index in [1.165, 1.54) is 0 Å². The van der Waals surface area contributed by atoms with Gasteiger partial charge in [0.2, 0.25) is 12.5 Å². The minimum Gasteiger partial charge on any atom is -0.493 e. The molecule has 1 aromatic rings. The number of fused-ring (bicyclic) bond motifs is 1. The molecule has 0 bridgehead atoms. The van der Waals surface area contributed by atoms with Gasteiger partial charge < -0.3 is 19.4 Å². The van der Waals surface area contributed by atoms with Crippen molar-refractivity contribution in [1.82, 2.24) is 5.48 Å². The number of ether oxygens (including phenoxy) is 3. The van der Waals surface area contributed by atoms with Gasteiger partial charge in [-0.3, -0.25) is 0 Å². The smallest absolute Gasteiger partial charge is 0.231 e. The van der Waals surface area contributed by atoms with Crippen molar-refractivity contribution < 1.29 is 19.4 Å². The van der Waals surface area contributed by atoms with Gasteiger partial charge in [-0.25, -0.2) is 5.48 Å². The predicted octanol–water partition coefficient (Wildman–Crippen LogP) is 0.903. The van der Waals surface area contributed by atoms with Crippen molar-refractivity contribution in [3.8, 4) is 17.2 Å². The van der Waals surface area contributed by atoms with E-state index in [1.54, 1.807) is 19.2 Å². The molecule has 0 atom stereocenters. The van der Waals surface area contributed by atoms with Gasteiger partial charge in [0.05, 0.1) is 7.11 Å². The van der Waals surface area contributed by atoms with Crippen LogP contribution < -0.4 is 19.7 Å². The molecule has 0 saturated carbocycles. The van der Waals surface area contributed by atoms with E-state index < -0.39 is 0 Å². The molecule has 1 heterocycles. The molecule has 14 heavy (non-hydrogen) atoms. The molecule has 0 radical (unpaired) electrons. The second kappa shape index (κ2) is 3.73. The van der Waals surface area contributed by atoms with E-state index in [0.29, 0.717) is 23.8 Å². The largest absolute Gasteiger partial charge is 0.493 e. The van der Waals surface area contributed by atoms with Crippen LogP contribution in [0.2, 0.25) is 0 Å². The normalized spacial score (nSPS) is 13.0. The standard InChI is InChI=1S/C9H11NO4/c1-12-7-2-6(4-10-11)3-8-9(7)14-5-13-8/h2-3,10-11H,4-5H2,1H3. The van der Waals surface area contributed by atoms with Crippen LogP contribution in [0.4, 0.5) is 0 Å². The van der Waals surface area contributed by atoms with Crippen LogP contribution >= 0.6 is 0 Å². The molecule has 0 aliphatic carbocycles. The molecule has 0 fully saturated rings. The summed E-state index contributed by atoms with van der Waals surface area (Å²) in [6.45, 7) is 0.550. The van der Waals surface area contributed by atoms with E-state index in [4.69, 9.17) is 19.4 Å². The van der Waals surface area contributed by atoms with Gasteiger partial charge in [-0.2, -0.15) is 0 Å². The average molecular weight is 197 g/mol. The Bertz CT molecular complexity index is 340. The molecule has 1 aliphatic heterocycles. The van der Waals surface area contributed by atoms with Crippen LogP contribution in [0.15, 0.2) is 12.1 Å². The lowest BCUT2D eigenvalue weighted by Crippen LogP contribution is -2.06. The van der Waals surface area contributed by atoms with Crippen LogP contribution in [0.3, 0.4) is 0 Å². The molecule has 2 rings (SSSR count). The van der Waals surface area contributed by atoms with Crippen molar-refractivity contribution >= 4 is 0 Å². The van der Waals surface area contributed by atoms with Crippen molar-refractivity contribution in [3.05, 3.63) is 17.7 Å². The first kappa shape index (κ1) is 9.11. The summed E-state index contributed by atoms with van der Waals surface area (Å²) in [5, 5.41) is 8.57. The second-order valence-electron chi connectivity index (χ2n) is 2.87. The molecule has 1 aliphatic rings. The molecule has 2 N–H and O–H groups in total. The third-order valence-corrected chi connectivity index (χ3v) is 2.00. The summed E-state index contributed by atoms with van der Waals surface area (Å²) < 4.78 is 15.6. The van der Waals surface area contributed by atoms with Crippen LogP contribution in [0.5, 0.6) is 17.2 Å². The average Bonchev–Trinajstić information content (AvgIpc) is 2.65. The monoisotopic (exact) mass is 197 g/mol. The van der Waals surface area contributed by atoms with Crippen molar-refractivity contribution in [2.24, 2.45) is 0 Å². The van der Waals surface area contributed by atoms with Gasteiger partial charge in [-0.1, -0.05) is 0 Å². The van der Waals surface area contributed by atoms with E-state index in [2.05, 4.69) is 5.48 Å². The maximum atomic E-state index is 8.57. The highest BCUT2D eigenvalue weighted by molar-refractivity contribution is 5.54. The van der Waals surface area contributed by atoms with E-state index in [0.717, 1.165) is 5.56 Å². The Hall–Kier alpha value is -1.46. The SMILES string of the molecule is COc1cc(CNO)cc2c1OCO2. The number of benzene rings is 1. The third kappa shape index (κ3) is 1.47. The first-order valence-corrected chi connectivity index (χ1v) is 4.18. The lowest BCUT2D eigenvalue weighted by atomic mass is 10.2. The molecule has 76 valence electrons. The zero-order valence-electron chi connectivity index (χ0n) is 7.74. The lowest BCUT2D eigenvalue weighted by Gasteiger charge is -2.07. The highest BCUT2D eigenvalue weighted by atomic mass is 16.7. The van der Waals surface area contributed by atoms with Crippen molar-refractivity contribution in [2.75, 3.05) is 13.9 Å². The molecule has 0 spiro atoms. The Morgan fingerprint density at radius 2 is 2.36 bits per heavy atom. The highest BCUT2D eigenvalue weighted by Crippen LogP contribution is 2.41. The minimum absolute atomic E-state index is 0.210. The highest BCUT2D eigenvalue weighted by Gasteiger charge is 2.19. The lowest BCUT2D eigenvalue weighted by molar-refractivity contribution is 0.161. The molecule has 0 unspecified atom stereocenters. The van der Waals surface area contributed by atoms with Gasteiger partial charge >= 0.3 is 0 Å². The minimum atomic E-state index is 0.210. The quantitative estimate of drug-likeness (QED) is 0.705. The van der Waals surface area contributed by atoms with Gasteiger partial charge in [0.25, 0.3) is 0 Å². The van der Waals surface area contributed by atoms with Crippen LogP contribution in [0.25, 0.3) is 0 Å². The van der Waals surface area contributed by atoms with Gasteiger partial charge in [0, 0.05) is 6.54 Å². The Kier molecular flexibility index (Phi) is 2.43. The van der Waals surface area contributed by atoms with Gasteiger partial charge in [0.15, 0.2) is 11.5 Å². The number of methoxy groups -OCH3 is 1. The van der Waals surface area contributed by atoms with Crippen molar-refractivity contribution in [2.45, 2.75) is 6.54 Å². The number of hydrogen-bond acceptors (Lipinski definition) is 5. The first-order chi connectivity index (χ1) is 6.85. The van der Waals surface area contributed by atoms with Gasteiger partial charge in [-0.15, -0.1) is 0 Å². The number of hydroxylamine groups is 1. The summed E-state index contributed by atoms with van der Waals surface area (Å²) in [5.41, 5.74) is 2.94. The molecule has 1 aromatic carbocycles. The fraction of sp³-hybridized carbons (Fsp3) is 0.333. The number of nitrogens with one attached hydrogen (secondary N) is 1. The third-order valence-electron chi connectivity index (χ3n) is 2.00. The molecular formula is C9H11NO4. The first-order valence-electron chi connectivity index (χ1n) is 4.18. The van der Waals surface area contributed by atoms with E-state index in [-0.39, 0.29) is 6.79 Å². The number of rotatable bonds is 3. The van der Waals surface area contributed by atoms with Crippen LogP contribution in [-0.4, -0.2) is 19.1 Å². The zero-order chi connectivity index (χ0) is 9.97. The molecule has 5 heteroatoms. The molecule has 5 nitrogen and oxygen atoms in total. The molecule has 0 saturated heterocycles. The molecule has 0 amide bonds. The Morgan fingerprint density at radius 3 is 3.07 bits per heavy atom. The number of hydrogen-bond donors (Lipinski definition) is 2. The van der Waals surface area contributed by atoms with Crippen LogP contribution in [0.1, 0.15) is 5.56 Å². The summed E-state index contributed by atoms with van der Waals surface area (Å²) in [6.07, 6.45) is 0. The Labute approximate surface area is 81.2 Å². The molecular weight excluding hydrogens is 186 g/mol. The second-order valence-corrected chi connectivity index (χ2v) is 2.87. The summed E-state index contributed by atoms with van der Waals surface area (Å²) in [7, 11) is 1.56. The topological polar surface area (TPSA) is 60.0 Å². The molecule has 0 aromatic heterocycles. The summed E-state index contributed by atoms with van der Waals surface area (Å²) >= 11 is 0. The zero-order valence-corrected chi connectivity index (χ0v) is 7.74. The summed E-state index contributed by atoms with van der Waals surface area (Å²) in [4.78, 5) is 0. The Morgan fingerprint density at radius 1 is 1.50 bits per heavy atom.